The predicted octanol–water partition coefficient (Wildman–Crippen LogP) is 3.66. The quantitative estimate of drug-likeness (QED) is 0.919. The summed E-state index contributed by atoms with van der Waals surface area (Å²) < 4.78 is 0. The molecule has 1 saturated carbocycles. The van der Waals surface area contributed by atoms with Crippen LogP contribution in [0.15, 0.2) is 12.3 Å². The van der Waals surface area contributed by atoms with E-state index in [2.05, 4.69) is 28.2 Å². The van der Waals surface area contributed by atoms with Crippen LogP contribution in [0.2, 0.25) is 0 Å². The van der Waals surface area contributed by atoms with E-state index in [9.17, 15) is 0 Å². The third-order valence-electron chi connectivity index (χ3n) is 5.54. The fourth-order valence-electron chi connectivity index (χ4n) is 4.22. The zero-order valence-corrected chi connectivity index (χ0v) is 13.6. The van der Waals surface area contributed by atoms with Crippen molar-refractivity contribution in [2.75, 3.05) is 25.0 Å². The van der Waals surface area contributed by atoms with Crippen molar-refractivity contribution >= 4 is 5.69 Å². The molecule has 1 aliphatic heterocycles. The maximum absolute atomic E-state index is 4.47. The smallest absolute Gasteiger partial charge is 0.0445 e. The first-order valence-electron chi connectivity index (χ1n) is 8.58. The molecule has 1 aromatic rings. The maximum atomic E-state index is 4.47. The fraction of sp³-hybridized carbons (Fsp3) is 0.722. The van der Waals surface area contributed by atoms with Gasteiger partial charge in [0.1, 0.15) is 0 Å². The lowest BCUT2D eigenvalue weighted by molar-refractivity contribution is 0.144. The number of aryl methyl sites for hydroxylation is 1. The van der Waals surface area contributed by atoms with Gasteiger partial charge in [0.15, 0.2) is 0 Å². The molecule has 0 radical (unpaired) electrons. The highest BCUT2D eigenvalue weighted by molar-refractivity contribution is 5.54. The van der Waals surface area contributed by atoms with Crippen molar-refractivity contribution in [1.29, 1.82) is 0 Å². The second-order valence-corrected chi connectivity index (χ2v) is 7.03. The zero-order valence-electron chi connectivity index (χ0n) is 13.6. The molecule has 3 heteroatoms. The molecule has 0 bridgehead atoms. The van der Waals surface area contributed by atoms with Crippen molar-refractivity contribution in [2.24, 2.45) is 5.41 Å². The number of piperidine rings is 1. The van der Waals surface area contributed by atoms with Gasteiger partial charge in [-0.05, 0) is 51.1 Å². The van der Waals surface area contributed by atoms with Gasteiger partial charge >= 0.3 is 0 Å². The molecular formula is C18H29N3. The Kier molecular flexibility index (Phi) is 4.48. The molecule has 1 aliphatic carbocycles. The molecule has 0 atom stereocenters. The second-order valence-electron chi connectivity index (χ2n) is 7.03. The van der Waals surface area contributed by atoms with Gasteiger partial charge in [0.2, 0.25) is 0 Å². The van der Waals surface area contributed by atoms with E-state index in [4.69, 9.17) is 0 Å². The molecule has 2 fully saturated rings. The highest BCUT2D eigenvalue weighted by atomic mass is 15.1. The number of rotatable bonds is 3. The van der Waals surface area contributed by atoms with E-state index in [1.807, 2.05) is 13.2 Å². The fourth-order valence-corrected chi connectivity index (χ4v) is 4.22. The van der Waals surface area contributed by atoms with Gasteiger partial charge in [-0.15, -0.1) is 0 Å². The Bertz CT molecular complexity index is 467. The van der Waals surface area contributed by atoms with E-state index in [1.165, 1.54) is 69.3 Å². The van der Waals surface area contributed by atoms with Gasteiger partial charge < -0.3 is 10.2 Å². The van der Waals surface area contributed by atoms with E-state index in [1.54, 1.807) is 0 Å². The summed E-state index contributed by atoms with van der Waals surface area (Å²) >= 11 is 0. The van der Waals surface area contributed by atoms with E-state index >= 15 is 0 Å². The maximum Gasteiger partial charge on any atom is 0.0445 e. The number of aromatic nitrogens is 1. The van der Waals surface area contributed by atoms with Crippen LogP contribution in [0.25, 0.3) is 0 Å². The Hall–Kier alpha value is -1.09. The van der Waals surface area contributed by atoms with E-state index < -0.39 is 0 Å². The van der Waals surface area contributed by atoms with Crippen LogP contribution in [0.1, 0.15) is 56.2 Å². The van der Waals surface area contributed by atoms with Crippen molar-refractivity contribution in [2.45, 2.75) is 58.4 Å². The zero-order chi connectivity index (χ0) is 14.7. The molecule has 1 aromatic heterocycles. The SMILES string of the molecule is CNCc1cnc(C)cc1N1CCC2(CCCCC2)CC1. The minimum absolute atomic E-state index is 0.681. The summed E-state index contributed by atoms with van der Waals surface area (Å²) in [6.07, 6.45) is 12.1. The first kappa shape index (κ1) is 14.8. The Morgan fingerprint density at radius 3 is 2.52 bits per heavy atom. The van der Waals surface area contributed by atoms with Crippen LogP contribution in [0.4, 0.5) is 5.69 Å². The van der Waals surface area contributed by atoms with Gasteiger partial charge in [-0.1, -0.05) is 19.3 Å². The average molecular weight is 287 g/mol. The monoisotopic (exact) mass is 287 g/mol. The molecular weight excluding hydrogens is 258 g/mol. The Labute approximate surface area is 129 Å². The number of hydrogen-bond donors (Lipinski definition) is 1. The number of nitrogens with zero attached hydrogens (tertiary/aromatic N) is 2. The topological polar surface area (TPSA) is 28.2 Å². The first-order valence-corrected chi connectivity index (χ1v) is 8.58. The van der Waals surface area contributed by atoms with Crippen LogP contribution in [0, 0.1) is 12.3 Å². The average Bonchev–Trinajstić information content (AvgIpc) is 2.51. The molecule has 1 spiro atoms. The Morgan fingerprint density at radius 2 is 1.86 bits per heavy atom. The van der Waals surface area contributed by atoms with E-state index in [0.717, 1.165) is 12.2 Å². The largest absolute Gasteiger partial charge is 0.371 e. The Morgan fingerprint density at radius 1 is 1.14 bits per heavy atom. The summed E-state index contributed by atoms with van der Waals surface area (Å²) in [5, 5.41) is 3.27. The molecule has 21 heavy (non-hydrogen) atoms. The van der Waals surface area contributed by atoms with E-state index in [-0.39, 0.29) is 0 Å². The summed E-state index contributed by atoms with van der Waals surface area (Å²) in [5.74, 6) is 0. The molecule has 0 amide bonds. The summed E-state index contributed by atoms with van der Waals surface area (Å²) in [7, 11) is 2.01. The van der Waals surface area contributed by atoms with Gasteiger partial charge in [0.25, 0.3) is 0 Å². The normalized spacial score (nSPS) is 21.7. The minimum atomic E-state index is 0.681. The van der Waals surface area contributed by atoms with Gasteiger partial charge in [-0.3, -0.25) is 4.98 Å². The molecule has 2 heterocycles. The number of pyridine rings is 1. The van der Waals surface area contributed by atoms with Crippen molar-refractivity contribution < 1.29 is 0 Å². The lowest BCUT2D eigenvalue weighted by atomic mass is 9.68. The van der Waals surface area contributed by atoms with Crippen LogP contribution in [0.5, 0.6) is 0 Å². The van der Waals surface area contributed by atoms with Crippen LogP contribution < -0.4 is 10.2 Å². The summed E-state index contributed by atoms with van der Waals surface area (Å²) in [4.78, 5) is 7.07. The second kappa shape index (κ2) is 6.35. The van der Waals surface area contributed by atoms with Crippen molar-refractivity contribution in [3.63, 3.8) is 0 Å². The van der Waals surface area contributed by atoms with Crippen LogP contribution in [-0.4, -0.2) is 25.1 Å². The van der Waals surface area contributed by atoms with Gasteiger partial charge in [-0.2, -0.15) is 0 Å². The van der Waals surface area contributed by atoms with Gasteiger partial charge in [-0.25, -0.2) is 0 Å². The molecule has 1 N–H and O–H groups in total. The number of nitrogens with one attached hydrogen (secondary N) is 1. The molecule has 0 unspecified atom stereocenters. The summed E-state index contributed by atoms with van der Waals surface area (Å²) in [6, 6.07) is 2.27. The van der Waals surface area contributed by atoms with Gasteiger partial charge in [0.05, 0.1) is 0 Å². The predicted molar refractivity (Wildman–Crippen MR) is 88.7 cm³/mol. The lowest BCUT2D eigenvalue weighted by Gasteiger charge is -2.45. The summed E-state index contributed by atoms with van der Waals surface area (Å²) in [5.41, 5.74) is 4.55. The molecule has 116 valence electrons. The minimum Gasteiger partial charge on any atom is -0.371 e. The Balaban J connectivity index is 1.72. The van der Waals surface area contributed by atoms with Crippen molar-refractivity contribution in [3.05, 3.63) is 23.5 Å². The highest BCUT2D eigenvalue weighted by Crippen LogP contribution is 2.45. The van der Waals surface area contributed by atoms with Gasteiger partial charge in [0, 0.05) is 42.8 Å². The first-order chi connectivity index (χ1) is 10.2. The van der Waals surface area contributed by atoms with Crippen LogP contribution >= 0.6 is 0 Å². The third-order valence-corrected chi connectivity index (χ3v) is 5.54. The van der Waals surface area contributed by atoms with Crippen molar-refractivity contribution in [3.8, 4) is 0 Å². The molecule has 3 nitrogen and oxygen atoms in total. The standard InChI is InChI=1S/C18H29N3/c1-15-12-17(16(13-19-2)14-20-15)21-10-8-18(9-11-21)6-4-3-5-7-18/h12,14,19H,3-11,13H2,1-2H3. The highest BCUT2D eigenvalue weighted by Gasteiger charge is 2.35. The molecule has 0 aromatic carbocycles. The molecule has 3 rings (SSSR count). The van der Waals surface area contributed by atoms with E-state index in [0.29, 0.717) is 5.41 Å². The van der Waals surface area contributed by atoms with Crippen molar-refractivity contribution in [1.82, 2.24) is 10.3 Å². The molecule has 1 saturated heterocycles. The number of anilines is 1. The molecule has 2 aliphatic rings. The lowest BCUT2D eigenvalue weighted by Crippen LogP contribution is -2.41. The number of hydrogen-bond acceptors (Lipinski definition) is 3. The summed E-state index contributed by atoms with van der Waals surface area (Å²) in [6.45, 7) is 5.45. The van der Waals surface area contributed by atoms with Crippen LogP contribution in [-0.2, 0) is 6.54 Å². The van der Waals surface area contributed by atoms with Crippen LogP contribution in [0.3, 0.4) is 0 Å². The third kappa shape index (κ3) is 3.23.